The first kappa shape index (κ1) is 14.8. The maximum Gasteiger partial charge on any atom is 0.420 e. The van der Waals surface area contributed by atoms with Crippen LogP contribution in [0.5, 0.6) is 0 Å². The van der Waals surface area contributed by atoms with Crippen molar-refractivity contribution in [1.82, 2.24) is 9.88 Å². The molecule has 0 spiro atoms. The third kappa shape index (κ3) is 3.06. The predicted octanol–water partition coefficient (Wildman–Crippen LogP) is 1.41. The molecule has 22 heavy (non-hydrogen) atoms. The number of rotatable bonds is 4. The fourth-order valence-corrected chi connectivity index (χ4v) is 3.01. The minimum absolute atomic E-state index is 0.105. The summed E-state index contributed by atoms with van der Waals surface area (Å²) < 4.78 is 6.39. The van der Waals surface area contributed by atoms with E-state index in [1.807, 2.05) is 0 Å². The van der Waals surface area contributed by atoms with Crippen molar-refractivity contribution in [2.24, 2.45) is 0 Å². The molecular weight excluding hydrogens is 284 g/mol. The third-order valence-electron chi connectivity index (χ3n) is 4.27. The van der Waals surface area contributed by atoms with E-state index >= 15 is 0 Å². The summed E-state index contributed by atoms with van der Waals surface area (Å²) in [6, 6.07) is 6.99. The zero-order chi connectivity index (χ0) is 15.6. The summed E-state index contributed by atoms with van der Waals surface area (Å²) in [5.41, 5.74) is 0.252. The van der Waals surface area contributed by atoms with Crippen molar-refractivity contribution in [3.8, 4) is 0 Å². The maximum atomic E-state index is 12.1. The molecule has 0 bridgehead atoms. The topological polar surface area (TPSA) is 84.5 Å². The summed E-state index contributed by atoms with van der Waals surface area (Å²) in [6.07, 6.45) is 4.52. The summed E-state index contributed by atoms with van der Waals surface area (Å²) in [5.74, 6) is -0.847. The highest BCUT2D eigenvalue weighted by atomic mass is 16.4. The molecule has 118 valence electrons. The second kappa shape index (κ2) is 5.96. The minimum Gasteiger partial charge on any atom is -0.408 e. The molecule has 1 saturated carbocycles. The Labute approximate surface area is 127 Å². The van der Waals surface area contributed by atoms with Gasteiger partial charge >= 0.3 is 5.76 Å². The zero-order valence-corrected chi connectivity index (χ0v) is 12.4. The molecule has 1 aromatic carbocycles. The molecule has 1 aliphatic rings. The van der Waals surface area contributed by atoms with Crippen molar-refractivity contribution in [2.75, 3.05) is 6.54 Å². The van der Waals surface area contributed by atoms with Gasteiger partial charge in [-0.2, -0.15) is 0 Å². The Bertz CT molecular complexity index is 725. The van der Waals surface area contributed by atoms with E-state index in [1.165, 1.54) is 4.57 Å². The number of carbonyl (C=O) groups is 1. The standard InChI is InChI=1S/C16H20N2O4/c19-14(17-11-16(21)8-4-1-5-9-16)10-18-12-6-2-3-7-13(12)22-15(18)20/h2-3,6-7,21H,1,4-5,8-11H2,(H,17,19). The average molecular weight is 304 g/mol. The lowest BCUT2D eigenvalue weighted by Gasteiger charge is -2.32. The third-order valence-corrected chi connectivity index (χ3v) is 4.27. The van der Waals surface area contributed by atoms with Crippen LogP contribution in [0.2, 0.25) is 0 Å². The first-order valence-electron chi connectivity index (χ1n) is 7.65. The van der Waals surface area contributed by atoms with Gasteiger partial charge in [0.2, 0.25) is 5.91 Å². The van der Waals surface area contributed by atoms with Crippen LogP contribution in [0.15, 0.2) is 33.5 Å². The number of para-hydroxylation sites is 2. The first-order chi connectivity index (χ1) is 10.6. The Morgan fingerprint density at radius 2 is 2.00 bits per heavy atom. The molecule has 6 heteroatoms. The minimum atomic E-state index is -0.808. The lowest BCUT2D eigenvalue weighted by molar-refractivity contribution is -0.123. The lowest BCUT2D eigenvalue weighted by atomic mass is 9.85. The first-order valence-corrected chi connectivity index (χ1v) is 7.65. The highest BCUT2D eigenvalue weighted by Crippen LogP contribution is 2.27. The smallest absolute Gasteiger partial charge is 0.408 e. The van der Waals surface area contributed by atoms with Gasteiger partial charge in [0.05, 0.1) is 11.1 Å². The van der Waals surface area contributed by atoms with Gasteiger partial charge in [-0.05, 0) is 25.0 Å². The molecule has 1 aliphatic carbocycles. The van der Waals surface area contributed by atoms with Crippen molar-refractivity contribution in [3.05, 3.63) is 34.8 Å². The van der Waals surface area contributed by atoms with Crippen molar-refractivity contribution in [1.29, 1.82) is 0 Å². The molecule has 2 aromatic rings. The average Bonchev–Trinajstić information content (AvgIpc) is 2.82. The molecule has 2 N–H and O–H groups in total. The van der Waals surface area contributed by atoms with E-state index < -0.39 is 11.4 Å². The highest BCUT2D eigenvalue weighted by Gasteiger charge is 2.29. The Balaban J connectivity index is 1.66. The van der Waals surface area contributed by atoms with E-state index in [4.69, 9.17) is 4.42 Å². The number of amides is 1. The van der Waals surface area contributed by atoms with Gasteiger partial charge in [0.15, 0.2) is 5.58 Å². The molecule has 0 saturated heterocycles. The van der Waals surface area contributed by atoms with Crippen LogP contribution >= 0.6 is 0 Å². The van der Waals surface area contributed by atoms with Crippen molar-refractivity contribution >= 4 is 17.0 Å². The quantitative estimate of drug-likeness (QED) is 0.894. The number of nitrogens with zero attached hydrogens (tertiary/aromatic N) is 1. The maximum absolute atomic E-state index is 12.1. The van der Waals surface area contributed by atoms with Crippen LogP contribution in [0.4, 0.5) is 0 Å². The zero-order valence-electron chi connectivity index (χ0n) is 12.4. The molecule has 1 fully saturated rings. The van der Waals surface area contributed by atoms with E-state index in [0.717, 1.165) is 19.3 Å². The molecule has 6 nitrogen and oxygen atoms in total. The Hall–Kier alpha value is -2.08. The van der Waals surface area contributed by atoms with Gasteiger partial charge in [-0.3, -0.25) is 9.36 Å². The van der Waals surface area contributed by atoms with Crippen LogP contribution in [0.25, 0.3) is 11.1 Å². The second-order valence-electron chi connectivity index (χ2n) is 5.98. The van der Waals surface area contributed by atoms with Crippen LogP contribution in [0.1, 0.15) is 32.1 Å². The van der Waals surface area contributed by atoms with Crippen molar-refractivity contribution in [3.63, 3.8) is 0 Å². The van der Waals surface area contributed by atoms with E-state index in [0.29, 0.717) is 23.9 Å². The molecule has 0 atom stereocenters. The fraction of sp³-hybridized carbons (Fsp3) is 0.500. The molecular formula is C16H20N2O4. The van der Waals surface area contributed by atoms with Crippen LogP contribution in [-0.4, -0.2) is 27.7 Å². The number of fused-ring (bicyclic) bond motifs is 1. The monoisotopic (exact) mass is 304 g/mol. The summed E-state index contributed by atoms with van der Waals surface area (Å²) in [4.78, 5) is 23.9. The number of carbonyl (C=O) groups excluding carboxylic acids is 1. The molecule has 0 radical (unpaired) electrons. The van der Waals surface area contributed by atoms with Gasteiger partial charge in [-0.1, -0.05) is 31.4 Å². The molecule has 0 unspecified atom stereocenters. The van der Waals surface area contributed by atoms with Crippen molar-refractivity contribution < 1.29 is 14.3 Å². The highest BCUT2D eigenvalue weighted by molar-refractivity contribution is 5.79. The summed E-state index contributed by atoms with van der Waals surface area (Å²) >= 11 is 0. The SMILES string of the molecule is O=C(Cn1c(=O)oc2ccccc21)NCC1(O)CCCCC1. The second-order valence-corrected chi connectivity index (χ2v) is 5.98. The fourth-order valence-electron chi connectivity index (χ4n) is 3.01. The van der Waals surface area contributed by atoms with Crippen LogP contribution in [-0.2, 0) is 11.3 Å². The molecule has 1 heterocycles. The van der Waals surface area contributed by atoms with E-state index in [2.05, 4.69) is 5.32 Å². The number of benzene rings is 1. The predicted molar refractivity (Wildman–Crippen MR) is 81.5 cm³/mol. The van der Waals surface area contributed by atoms with E-state index in [-0.39, 0.29) is 19.0 Å². The van der Waals surface area contributed by atoms with Crippen LogP contribution in [0.3, 0.4) is 0 Å². The van der Waals surface area contributed by atoms with Gasteiger partial charge in [-0.15, -0.1) is 0 Å². The van der Waals surface area contributed by atoms with Gasteiger partial charge in [0.1, 0.15) is 6.54 Å². The Morgan fingerprint density at radius 3 is 2.77 bits per heavy atom. The van der Waals surface area contributed by atoms with E-state index in [9.17, 15) is 14.7 Å². The number of aromatic nitrogens is 1. The Kier molecular flexibility index (Phi) is 4.02. The summed E-state index contributed by atoms with van der Waals surface area (Å²) in [7, 11) is 0. The van der Waals surface area contributed by atoms with Crippen LogP contribution < -0.4 is 11.1 Å². The molecule has 3 rings (SSSR count). The Morgan fingerprint density at radius 1 is 1.27 bits per heavy atom. The largest absolute Gasteiger partial charge is 0.420 e. The van der Waals surface area contributed by atoms with Gasteiger partial charge in [0.25, 0.3) is 0 Å². The summed E-state index contributed by atoms with van der Waals surface area (Å²) in [5, 5.41) is 13.1. The number of oxazole rings is 1. The van der Waals surface area contributed by atoms with Crippen LogP contribution in [0, 0.1) is 0 Å². The van der Waals surface area contributed by atoms with Gasteiger partial charge < -0.3 is 14.8 Å². The molecule has 0 aliphatic heterocycles. The number of hydrogen-bond acceptors (Lipinski definition) is 4. The lowest BCUT2D eigenvalue weighted by Crippen LogP contribution is -2.45. The molecule has 1 aromatic heterocycles. The van der Waals surface area contributed by atoms with Gasteiger partial charge in [-0.25, -0.2) is 4.79 Å². The van der Waals surface area contributed by atoms with E-state index in [1.54, 1.807) is 24.3 Å². The normalized spacial score (nSPS) is 17.5. The number of aliphatic hydroxyl groups is 1. The van der Waals surface area contributed by atoms with Gasteiger partial charge in [0, 0.05) is 6.54 Å². The molecule has 1 amide bonds. The summed E-state index contributed by atoms with van der Waals surface area (Å²) in [6.45, 7) is 0.127. The number of nitrogens with one attached hydrogen (secondary N) is 1. The number of hydrogen-bond donors (Lipinski definition) is 2. The van der Waals surface area contributed by atoms with Crippen molar-refractivity contribution in [2.45, 2.75) is 44.2 Å².